The summed E-state index contributed by atoms with van der Waals surface area (Å²) in [7, 11) is -0.181. The maximum Gasteiger partial charge on any atom is -0.147 e. The number of hydrogen-bond donors (Lipinski definition) is 0. The van der Waals surface area contributed by atoms with Crippen molar-refractivity contribution in [3.63, 3.8) is 0 Å². The molecule has 0 fully saturated rings. The number of halogens is 3. The minimum atomic E-state index is -1.86. The molecule has 0 bridgehead atoms. The van der Waals surface area contributed by atoms with Crippen LogP contribution >= 0.6 is 37.2 Å². The SMILES string of the molecule is CCC[CH2][Ti]([CH3])([SiH2]c1c(C)c(C)c(C)c(C)c1C)[C]1=CC=CC1.Cl.Cl.Cl. The molecular weight excluding hydrogens is 435 g/mol. The summed E-state index contributed by atoms with van der Waals surface area (Å²) in [5, 5.41) is 4.56. The van der Waals surface area contributed by atoms with Gasteiger partial charge in [0.25, 0.3) is 0 Å². The Hall–Kier alpha value is 0.501. The molecule has 0 nitrogen and oxygen atoms in total. The van der Waals surface area contributed by atoms with Gasteiger partial charge in [0.2, 0.25) is 0 Å². The molecule has 0 radical (unpaired) electrons. The van der Waals surface area contributed by atoms with Gasteiger partial charge in [0.1, 0.15) is 0 Å². The van der Waals surface area contributed by atoms with Crippen molar-refractivity contribution < 1.29 is 15.8 Å². The molecule has 1 aromatic rings. The third-order valence-corrected chi connectivity index (χ3v) is 22.5. The van der Waals surface area contributed by atoms with Gasteiger partial charge >= 0.3 is 149 Å². The molecule has 2 rings (SSSR count). The first kappa shape index (κ1) is 28.7. The van der Waals surface area contributed by atoms with E-state index in [9.17, 15) is 0 Å². The van der Waals surface area contributed by atoms with Gasteiger partial charge in [-0.1, -0.05) is 0 Å². The molecule has 0 aliphatic heterocycles. The standard InChI is InChI=1S/C11H17Si.C5H5.C4H9.CH3.3ClH.Ti/c1-6-7(2)9(4)11(12)10(5)8(6)3;1-2-4-5-3-1;1-3-4-2;;;;;/h12H2,1-5H3;1-3H,4H2;1,3-4H2,2H3;1H3;3*1H;. The summed E-state index contributed by atoms with van der Waals surface area (Å²) in [4.78, 5) is 0. The molecule has 1 atom stereocenters. The maximum absolute atomic E-state index is 2.74. The molecule has 5 heteroatoms. The third kappa shape index (κ3) is 6.00. The van der Waals surface area contributed by atoms with Crippen LogP contribution in [0.15, 0.2) is 22.1 Å². The van der Waals surface area contributed by atoms with E-state index < -0.39 is 15.8 Å². The minimum Gasteiger partial charge on any atom is -0.147 e. The van der Waals surface area contributed by atoms with Crippen LogP contribution in [0.5, 0.6) is 0 Å². The number of benzene rings is 1. The van der Waals surface area contributed by atoms with E-state index in [4.69, 9.17) is 0 Å². The van der Waals surface area contributed by atoms with Crippen molar-refractivity contribution in [3.8, 4) is 0 Å². The van der Waals surface area contributed by atoms with Crippen LogP contribution in [-0.2, 0) is 15.8 Å². The molecule has 0 aromatic heterocycles. The zero-order chi connectivity index (χ0) is 17.2. The van der Waals surface area contributed by atoms with Crippen molar-refractivity contribution in [1.82, 2.24) is 0 Å². The molecule has 1 aliphatic rings. The van der Waals surface area contributed by atoms with Gasteiger partial charge in [0.15, 0.2) is 0 Å². The summed E-state index contributed by atoms with van der Waals surface area (Å²) in [6, 6.07) is 0. The van der Waals surface area contributed by atoms with Crippen molar-refractivity contribution in [2.24, 2.45) is 0 Å². The van der Waals surface area contributed by atoms with Crippen LogP contribution in [0, 0.1) is 34.6 Å². The van der Waals surface area contributed by atoms with Crippen molar-refractivity contribution in [2.75, 3.05) is 0 Å². The first-order chi connectivity index (χ1) is 10.8. The van der Waals surface area contributed by atoms with Crippen LogP contribution in [0.25, 0.3) is 0 Å². The Bertz CT molecular complexity index is 639. The minimum absolute atomic E-state index is 0. The fourth-order valence-electron chi connectivity index (χ4n) is 4.06. The first-order valence-electron chi connectivity index (χ1n) is 9.23. The van der Waals surface area contributed by atoms with Crippen LogP contribution < -0.4 is 5.19 Å². The average Bonchev–Trinajstić information content (AvgIpc) is 3.08. The normalized spacial score (nSPS) is 15.1. The molecule has 0 heterocycles. The van der Waals surface area contributed by atoms with E-state index in [2.05, 4.69) is 65.0 Å². The Balaban J connectivity index is 0. The summed E-state index contributed by atoms with van der Waals surface area (Å²) in [5.41, 5.74) is 7.86. The topological polar surface area (TPSA) is 0 Å². The Morgan fingerprint density at radius 1 is 0.885 bits per heavy atom. The number of hydrogen-bond acceptors (Lipinski definition) is 0. The smallest absolute Gasteiger partial charge is 0.147 e. The fourth-order valence-corrected chi connectivity index (χ4v) is 20.4. The van der Waals surface area contributed by atoms with Crippen LogP contribution in [0.3, 0.4) is 0 Å². The Kier molecular flexibility index (Phi) is 13.4. The van der Waals surface area contributed by atoms with Crippen molar-refractivity contribution in [3.05, 3.63) is 49.9 Å². The number of unbranched alkanes of at least 4 members (excludes halogenated alkanes) is 1. The molecule has 1 unspecified atom stereocenters. The number of allylic oxidation sites excluding steroid dienone is 4. The predicted molar refractivity (Wildman–Crippen MR) is 127 cm³/mol. The zero-order valence-electron chi connectivity index (χ0n) is 17.5. The summed E-state index contributed by atoms with van der Waals surface area (Å²) in [6.45, 7) is 14.1. The average molecular weight is 472 g/mol. The molecule has 0 spiro atoms. The van der Waals surface area contributed by atoms with E-state index in [0.717, 1.165) is 0 Å². The van der Waals surface area contributed by atoms with E-state index in [0.29, 0.717) is 0 Å². The molecule has 150 valence electrons. The molecule has 26 heavy (non-hydrogen) atoms. The van der Waals surface area contributed by atoms with Crippen molar-refractivity contribution in [1.29, 1.82) is 0 Å². The van der Waals surface area contributed by atoms with Gasteiger partial charge < -0.3 is 0 Å². The van der Waals surface area contributed by atoms with E-state index in [-0.39, 0.29) is 44.6 Å². The van der Waals surface area contributed by atoms with Crippen LogP contribution in [0.1, 0.15) is 54.0 Å². The van der Waals surface area contributed by atoms with Crippen molar-refractivity contribution >= 4 is 49.8 Å². The number of rotatable bonds is 6. The van der Waals surface area contributed by atoms with Crippen LogP contribution in [0.2, 0.25) is 9.95 Å². The second kappa shape index (κ2) is 12.1. The van der Waals surface area contributed by atoms with Gasteiger partial charge in [-0.05, 0) is 0 Å². The maximum atomic E-state index is 2.74. The molecule has 0 N–H and O–H groups in total. The van der Waals surface area contributed by atoms with Gasteiger partial charge in [-0.2, -0.15) is 0 Å². The predicted octanol–water partition coefficient (Wildman–Crippen LogP) is 6.47. The van der Waals surface area contributed by atoms with E-state index >= 15 is 0 Å². The molecule has 0 amide bonds. The molecule has 1 aromatic carbocycles. The third-order valence-electron chi connectivity index (χ3n) is 6.35. The first-order valence-corrected chi connectivity index (χ1v) is 17.4. The Labute approximate surface area is 185 Å². The molecular formula is C21H37Cl3SiTi. The second-order valence-electron chi connectivity index (χ2n) is 7.77. The van der Waals surface area contributed by atoms with Gasteiger partial charge in [-0.15, -0.1) is 37.2 Å². The van der Waals surface area contributed by atoms with Crippen LogP contribution in [-0.4, -0.2) is 7.39 Å². The van der Waals surface area contributed by atoms with Gasteiger partial charge in [-0.3, -0.25) is 0 Å². The molecule has 1 aliphatic carbocycles. The summed E-state index contributed by atoms with van der Waals surface area (Å²) >= 11 is -1.86. The molecule has 0 saturated carbocycles. The Morgan fingerprint density at radius 2 is 1.38 bits per heavy atom. The van der Waals surface area contributed by atoms with E-state index in [1.165, 1.54) is 24.8 Å². The van der Waals surface area contributed by atoms with Gasteiger partial charge in [-0.25, -0.2) is 0 Å². The second-order valence-corrected chi connectivity index (χ2v) is 23.6. The van der Waals surface area contributed by atoms with E-state index in [1.54, 1.807) is 27.0 Å². The van der Waals surface area contributed by atoms with Crippen LogP contribution in [0.4, 0.5) is 0 Å². The van der Waals surface area contributed by atoms with Gasteiger partial charge in [0, 0.05) is 0 Å². The summed E-state index contributed by atoms with van der Waals surface area (Å²) < 4.78 is 3.42. The van der Waals surface area contributed by atoms with Crippen molar-refractivity contribution in [2.45, 2.75) is 70.8 Å². The van der Waals surface area contributed by atoms with E-state index in [1.807, 2.05) is 9.06 Å². The van der Waals surface area contributed by atoms with Gasteiger partial charge in [0.05, 0.1) is 0 Å². The summed E-state index contributed by atoms with van der Waals surface area (Å²) in [6.07, 6.45) is 11.2. The Morgan fingerprint density at radius 3 is 1.81 bits per heavy atom. The quantitative estimate of drug-likeness (QED) is 0.417. The summed E-state index contributed by atoms with van der Waals surface area (Å²) in [5.74, 6) is 0. The molecule has 0 saturated heterocycles. The fraction of sp³-hybridized carbons (Fsp3) is 0.524. The zero-order valence-corrected chi connectivity index (χ0v) is 22.9. The monoisotopic (exact) mass is 470 g/mol. The largest absolute Gasteiger partial charge is 0.147 e.